The summed E-state index contributed by atoms with van der Waals surface area (Å²) in [6.07, 6.45) is 4.90. The van der Waals surface area contributed by atoms with Crippen molar-refractivity contribution in [2.45, 2.75) is 51.7 Å². The fourth-order valence-electron chi connectivity index (χ4n) is 2.90. The van der Waals surface area contributed by atoms with E-state index in [0.717, 1.165) is 11.7 Å². The molecule has 0 heterocycles. The van der Waals surface area contributed by atoms with Crippen LogP contribution in [0.5, 0.6) is 5.75 Å². The van der Waals surface area contributed by atoms with Crippen LogP contribution in [0.2, 0.25) is 0 Å². The molecule has 1 aliphatic rings. The van der Waals surface area contributed by atoms with Crippen molar-refractivity contribution in [1.29, 1.82) is 0 Å². The van der Waals surface area contributed by atoms with E-state index in [1.807, 2.05) is 31.2 Å². The van der Waals surface area contributed by atoms with Crippen molar-refractivity contribution >= 4 is 0 Å². The summed E-state index contributed by atoms with van der Waals surface area (Å²) < 4.78 is 5.62. The molecule has 0 saturated heterocycles. The first-order valence-electron chi connectivity index (χ1n) is 7.76. The fourth-order valence-corrected chi connectivity index (χ4v) is 2.90. The predicted molar refractivity (Wildman–Crippen MR) is 82.1 cm³/mol. The van der Waals surface area contributed by atoms with E-state index in [1.54, 1.807) is 0 Å². The molecule has 3 heteroatoms. The Hall–Kier alpha value is -1.06. The van der Waals surface area contributed by atoms with Crippen LogP contribution >= 0.6 is 0 Å². The molecule has 0 aliphatic heterocycles. The second kappa shape index (κ2) is 7.65. The highest BCUT2D eigenvalue weighted by Crippen LogP contribution is 2.27. The summed E-state index contributed by atoms with van der Waals surface area (Å²) in [4.78, 5) is 0. The number of ether oxygens (including phenoxy) is 1. The summed E-state index contributed by atoms with van der Waals surface area (Å²) in [5.74, 6) is 1.60. The van der Waals surface area contributed by atoms with E-state index in [-0.39, 0.29) is 0 Å². The molecule has 1 aromatic rings. The zero-order valence-corrected chi connectivity index (χ0v) is 12.6. The van der Waals surface area contributed by atoms with Gasteiger partial charge in [-0.1, -0.05) is 25.0 Å². The van der Waals surface area contributed by atoms with Crippen molar-refractivity contribution in [3.63, 3.8) is 0 Å². The highest BCUT2D eigenvalue weighted by molar-refractivity contribution is 5.27. The highest BCUT2D eigenvalue weighted by atomic mass is 16.5. The van der Waals surface area contributed by atoms with Gasteiger partial charge in [0.25, 0.3) is 0 Å². The Morgan fingerprint density at radius 3 is 2.80 bits per heavy atom. The summed E-state index contributed by atoms with van der Waals surface area (Å²) in [5, 5.41) is 13.4. The van der Waals surface area contributed by atoms with Gasteiger partial charge in [-0.25, -0.2) is 0 Å². The molecule has 2 atom stereocenters. The molecule has 2 N–H and O–H groups in total. The first-order chi connectivity index (χ1) is 9.65. The number of hydrogen-bond donors (Lipinski definition) is 2. The number of rotatable bonds is 7. The van der Waals surface area contributed by atoms with Crippen molar-refractivity contribution in [3.05, 3.63) is 29.8 Å². The van der Waals surface area contributed by atoms with Crippen molar-refractivity contribution in [3.8, 4) is 5.75 Å². The Balaban J connectivity index is 1.66. The lowest BCUT2D eigenvalue weighted by molar-refractivity contribution is 0.102. The molecular weight excluding hydrogens is 250 g/mol. The van der Waals surface area contributed by atoms with E-state index in [2.05, 4.69) is 12.2 Å². The molecule has 1 fully saturated rings. The Morgan fingerprint density at radius 2 is 2.10 bits per heavy atom. The van der Waals surface area contributed by atoms with E-state index >= 15 is 0 Å². The molecule has 2 rings (SSSR count). The van der Waals surface area contributed by atoms with Crippen LogP contribution in [0.3, 0.4) is 0 Å². The highest BCUT2D eigenvalue weighted by Gasteiger charge is 2.21. The van der Waals surface area contributed by atoms with Crippen LogP contribution in [0.1, 0.15) is 38.2 Å². The minimum Gasteiger partial charge on any atom is -0.491 e. The first-order valence-corrected chi connectivity index (χ1v) is 7.76. The van der Waals surface area contributed by atoms with Gasteiger partial charge in [0.05, 0.1) is 0 Å². The number of aryl methyl sites for hydroxylation is 1. The van der Waals surface area contributed by atoms with E-state index in [9.17, 15) is 5.11 Å². The largest absolute Gasteiger partial charge is 0.491 e. The zero-order chi connectivity index (χ0) is 14.4. The molecule has 0 spiro atoms. The van der Waals surface area contributed by atoms with Gasteiger partial charge in [-0.15, -0.1) is 0 Å². The third kappa shape index (κ3) is 4.80. The Labute approximate surface area is 122 Å². The molecule has 2 unspecified atom stereocenters. The summed E-state index contributed by atoms with van der Waals surface area (Å²) in [5.41, 5.74) is 1.17. The second-order valence-corrected chi connectivity index (χ2v) is 6.02. The van der Waals surface area contributed by atoms with E-state index in [1.165, 1.54) is 31.2 Å². The molecule has 0 radical (unpaired) electrons. The summed E-state index contributed by atoms with van der Waals surface area (Å²) in [6.45, 7) is 5.20. The van der Waals surface area contributed by atoms with Crippen LogP contribution in [0.15, 0.2) is 24.3 Å². The topological polar surface area (TPSA) is 41.5 Å². The maximum absolute atomic E-state index is 9.98. The van der Waals surface area contributed by atoms with Crippen molar-refractivity contribution < 1.29 is 9.84 Å². The van der Waals surface area contributed by atoms with Gasteiger partial charge in [-0.3, -0.25) is 0 Å². The van der Waals surface area contributed by atoms with Gasteiger partial charge in [-0.05, 0) is 50.3 Å². The van der Waals surface area contributed by atoms with Crippen LogP contribution in [0.25, 0.3) is 0 Å². The van der Waals surface area contributed by atoms with Crippen molar-refractivity contribution in [2.24, 2.45) is 5.92 Å². The molecule has 1 aliphatic carbocycles. The summed E-state index contributed by atoms with van der Waals surface area (Å²) in [7, 11) is 0. The maximum Gasteiger partial charge on any atom is 0.119 e. The Bertz CT molecular complexity index is 402. The summed E-state index contributed by atoms with van der Waals surface area (Å²) in [6, 6.07) is 8.41. The average molecular weight is 277 g/mol. The molecule has 112 valence electrons. The monoisotopic (exact) mass is 277 g/mol. The minimum absolute atomic E-state index is 0.341. The molecule has 0 aromatic heterocycles. The lowest BCUT2D eigenvalue weighted by Gasteiger charge is -2.22. The number of benzene rings is 1. The quantitative estimate of drug-likeness (QED) is 0.805. The van der Waals surface area contributed by atoms with Gasteiger partial charge < -0.3 is 15.2 Å². The number of hydrogen-bond acceptors (Lipinski definition) is 3. The molecule has 0 amide bonds. The lowest BCUT2D eigenvalue weighted by atomic mass is 10.00. The maximum atomic E-state index is 9.98. The normalized spacial score (nSPS) is 18.9. The summed E-state index contributed by atoms with van der Waals surface area (Å²) >= 11 is 0. The van der Waals surface area contributed by atoms with Crippen molar-refractivity contribution in [2.75, 3.05) is 13.2 Å². The van der Waals surface area contributed by atoms with E-state index < -0.39 is 6.10 Å². The first kappa shape index (κ1) is 15.3. The molecule has 20 heavy (non-hydrogen) atoms. The third-order valence-corrected chi connectivity index (χ3v) is 4.21. The van der Waals surface area contributed by atoms with E-state index in [4.69, 9.17) is 4.74 Å². The third-order valence-electron chi connectivity index (χ3n) is 4.21. The molecule has 0 bridgehead atoms. The molecular formula is C17H27NO2. The molecule has 1 saturated carbocycles. The van der Waals surface area contributed by atoms with Gasteiger partial charge in [0.1, 0.15) is 18.5 Å². The van der Waals surface area contributed by atoms with E-state index in [0.29, 0.717) is 19.2 Å². The van der Waals surface area contributed by atoms with Crippen LogP contribution in [-0.4, -0.2) is 30.4 Å². The predicted octanol–water partition coefficient (Wildman–Crippen LogP) is 2.90. The molecule has 3 nitrogen and oxygen atoms in total. The van der Waals surface area contributed by atoms with Crippen LogP contribution in [0, 0.1) is 12.8 Å². The number of nitrogens with one attached hydrogen (secondary N) is 1. The van der Waals surface area contributed by atoms with Gasteiger partial charge in [0.15, 0.2) is 0 Å². The van der Waals surface area contributed by atoms with Gasteiger partial charge >= 0.3 is 0 Å². The van der Waals surface area contributed by atoms with Crippen LogP contribution < -0.4 is 10.1 Å². The average Bonchev–Trinajstić information content (AvgIpc) is 2.97. The number of aliphatic hydroxyl groups is 1. The van der Waals surface area contributed by atoms with Crippen LogP contribution in [-0.2, 0) is 0 Å². The zero-order valence-electron chi connectivity index (χ0n) is 12.6. The second-order valence-electron chi connectivity index (χ2n) is 6.02. The Morgan fingerprint density at radius 1 is 1.35 bits per heavy atom. The number of aliphatic hydroxyl groups excluding tert-OH is 1. The van der Waals surface area contributed by atoms with Gasteiger partial charge in [0.2, 0.25) is 0 Å². The smallest absolute Gasteiger partial charge is 0.119 e. The van der Waals surface area contributed by atoms with Crippen molar-refractivity contribution in [1.82, 2.24) is 5.32 Å². The van der Waals surface area contributed by atoms with Gasteiger partial charge in [-0.2, -0.15) is 0 Å². The lowest BCUT2D eigenvalue weighted by Crippen LogP contribution is -2.39. The SMILES string of the molecule is Cc1cccc(OCC(O)CNC(C)C2CCCC2)c1. The minimum atomic E-state index is -0.459. The standard InChI is InChI=1S/C17H27NO2/c1-13-6-5-9-17(10-13)20-12-16(19)11-18-14(2)15-7-3-4-8-15/h5-6,9-10,14-16,18-19H,3-4,7-8,11-12H2,1-2H3. The van der Waals surface area contributed by atoms with Gasteiger partial charge in [0, 0.05) is 12.6 Å². The fraction of sp³-hybridized carbons (Fsp3) is 0.647. The molecule has 1 aromatic carbocycles. The Kier molecular flexibility index (Phi) is 5.86. The van der Waals surface area contributed by atoms with Crippen LogP contribution in [0.4, 0.5) is 0 Å².